The number of methoxy groups -OCH3 is 1. The molecule has 1 N–H and O–H groups in total. The van der Waals surface area contributed by atoms with Gasteiger partial charge in [-0.2, -0.15) is 5.10 Å². The predicted octanol–water partition coefficient (Wildman–Crippen LogP) is 0.902. The van der Waals surface area contributed by atoms with Crippen molar-refractivity contribution in [2.75, 3.05) is 19.9 Å². The molecule has 6 nitrogen and oxygen atoms in total. The van der Waals surface area contributed by atoms with Crippen LogP contribution in [0.3, 0.4) is 0 Å². The molecule has 0 aliphatic carbocycles. The van der Waals surface area contributed by atoms with E-state index in [4.69, 9.17) is 4.74 Å². The molecular weight excluding hydrogens is 266 g/mol. The van der Waals surface area contributed by atoms with Gasteiger partial charge >= 0.3 is 0 Å². The van der Waals surface area contributed by atoms with Gasteiger partial charge in [-0.15, -0.1) is 0 Å². The van der Waals surface area contributed by atoms with Crippen molar-refractivity contribution in [3.05, 3.63) is 11.9 Å². The number of sulfone groups is 1. The molecule has 0 saturated carbocycles. The number of aryl methyl sites for hydroxylation is 1. The lowest BCUT2D eigenvalue weighted by Gasteiger charge is -2.25. The highest BCUT2D eigenvalue weighted by Gasteiger charge is 2.31. The van der Waals surface area contributed by atoms with E-state index < -0.39 is 15.1 Å². The Balaban J connectivity index is 3.19. The van der Waals surface area contributed by atoms with Gasteiger partial charge in [-0.1, -0.05) is 6.92 Å². The summed E-state index contributed by atoms with van der Waals surface area (Å²) in [7, 11) is 0.184. The summed E-state index contributed by atoms with van der Waals surface area (Å²) in [6, 6.07) is -0.336. The molecule has 0 bridgehead atoms. The summed E-state index contributed by atoms with van der Waals surface area (Å²) in [5, 5.41) is 6.86. The van der Waals surface area contributed by atoms with E-state index in [1.54, 1.807) is 32.0 Å². The summed E-state index contributed by atoms with van der Waals surface area (Å²) >= 11 is 0. The standard InChI is InChI=1S/C12H23N3O3S/c1-6-7-13-11(9(2)19(5,16)17)12-10(18-4)8-14-15(12)3/h8-9,11,13H,6-7H2,1-5H3. The molecule has 7 heteroatoms. The minimum Gasteiger partial charge on any atom is -0.493 e. The third-order valence-electron chi connectivity index (χ3n) is 3.22. The second kappa shape index (κ2) is 6.38. The predicted molar refractivity (Wildman–Crippen MR) is 75.1 cm³/mol. The van der Waals surface area contributed by atoms with E-state index in [1.165, 1.54) is 6.26 Å². The fourth-order valence-electron chi connectivity index (χ4n) is 1.97. The normalized spacial score (nSPS) is 15.2. The molecule has 0 saturated heterocycles. The van der Waals surface area contributed by atoms with Crippen LogP contribution in [0.25, 0.3) is 0 Å². The number of aromatic nitrogens is 2. The smallest absolute Gasteiger partial charge is 0.161 e. The average Bonchev–Trinajstić information content (AvgIpc) is 2.70. The Kier molecular flexibility index (Phi) is 5.37. The largest absolute Gasteiger partial charge is 0.493 e. The molecule has 0 fully saturated rings. The first-order valence-corrected chi connectivity index (χ1v) is 8.26. The lowest BCUT2D eigenvalue weighted by molar-refractivity contribution is 0.390. The maximum absolute atomic E-state index is 11.8. The van der Waals surface area contributed by atoms with Gasteiger partial charge in [0.2, 0.25) is 0 Å². The van der Waals surface area contributed by atoms with Gasteiger partial charge < -0.3 is 10.1 Å². The summed E-state index contributed by atoms with van der Waals surface area (Å²) in [5.74, 6) is 0.603. The third-order valence-corrected chi connectivity index (χ3v) is 4.85. The zero-order valence-electron chi connectivity index (χ0n) is 12.2. The van der Waals surface area contributed by atoms with E-state index in [0.717, 1.165) is 18.7 Å². The van der Waals surface area contributed by atoms with Crippen LogP contribution in [0.15, 0.2) is 6.20 Å². The highest BCUT2D eigenvalue weighted by Crippen LogP contribution is 2.29. The first-order valence-electron chi connectivity index (χ1n) is 6.31. The second-order valence-corrected chi connectivity index (χ2v) is 7.09. The van der Waals surface area contributed by atoms with Crippen LogP contribution in [0.4, 0.5) is 0 Å². The average molecular weight is 289 g/mol. The number of hydrogen-bond acceptors (Lipinski definition) is 5. The summed E-state index contributed by atoms with van der Waals surface area (Å²) < 4.78 is 30.6. The Morgan fingerprint density at radius 1 is 1.53 bits per heavy atom. The molecule has 0 radical (unpaired) electrons. The van der Waals surface area contributed by atoms with E-state index in [1.807, 2.05) is 6.92 Å². The summed E-state index contributed by atoms with van der Waals surface area (Å²) in [4.78, 5) is 0. The highest BCUT2D eigenvalue weighted by atomic mass is 32.2. The van der Waals surface area contributed by atoms with Crippen LogP contribution in [-0.4, -0.2) is 43.4 Å². The van der Waals surface area contributed by atoms with Crippen molar-refractivity contribution in [3.63, 3.8) is 0 Å². The molecule has 19 heavy (non-hydrogen) atoms. The van der Waals surface area contributed by atoms with E-state index in [0.29, 0.717) is 5.75 Å². The lowest BCUT2D eigenvalue weighted by Crippen LogP contribution is -2.37. The molecular formula is C12H23N3O3S. The van der Waals surface area contributed by atoms with Gasteiger partial charge in [0, 0.05) is 13.3 Å². The molecule has 1 aromatic rings. The van der Waals surface area contributed by atoms with Crippen LogP contribution in [0.5, 0.6) is 5.75 Å². The fourth-order valence-corrected chi connectivity index (χ4v) is 2.69. The fraction of sp³-hybridized carbons (Fsp3) is 0.750. The number of nitrogens with zero attached hydrogens (tertiary/aromatic N) is 2. The number of nitrogens with one attached hydrogen (secondary N) is 1. The van der Waals surface area contributed by atoms with Crippen LogP contribution >= 0.6 is 0 Å². The Bertz CT molecular complexity index is 510. The molecule has 1 rings (SSSR count). The first-order chi connectivity index (χ1) is 8.82. The molecule has 0 aliphatic rings. The van der Waals surface area contributed by atoms with Crippen LogP contribution < -0.4 is 10.1 Å². The molecule has 0 spiro atoms. The summed E-state index contributed by atoms with van der Waals surface area (Å²) in [6.45, 7) is 4.48. The maximum Gasteiger partial charge on any atom is 0.161 e. The second-order valence-electron chi connectivity index (χ2n) is 4.69. The monoisotopic (exact) mass is 289 g/mol. The lowest BCUT2D eigenvalue weighted by atomic mass is 10.1. The van der Waals surface area contributed by atoms with Crippen molar-refractivity contribution in [1.29, 1.82) is 0 Å². The SMILES string of the molecule is CCCNC(c1c(OC)cnn1C)C(C)S(C)(=O)=O. The Labute approximate surface area is 115 Å². The molecule has 110 valence electrons. The Hall–Kier alpha value is -1.08. The van der Waals surface area contributed by atoms with Crippen LogP contribution in [0.1, 0.15) is 32.0 Å². The minimum atomic E-state index is -3.16. The van der Waals surface area contributed by atoms with Gasteiger partial charge in [0.1, 0.15) is 0 Å². The highest BCUT2D eigenvalue weighted by molar-refractivity contribution is 7.91. The van der Waals surface area contributed by atoms with Crippen LogP contribution in [0, 0.1) is 0 Å². The summed E-state index contributed by atoms with van der Waals surface area (Å²) in [5.41, 5.74) is 0.758. The molecule has 2 atom stereocenters. The quantitative estimate of drug-likeness (QED) is 0.807. The molecule has 2 unspecified atom stereocenters. The van der Waals surface area contributed by atoms with Crippen LogP contribution in [0.2, 0.25) is 0 Å². The number of ether oxygens (including phenoxy) is 1. The van der Waals surface area contributed by atoms with Gasteiger partial charge in [0.05, 0.1) is 30.3 Å². The van der Waals surface area contributed by atoms with Gasteiger partial charge in [0.25, 0.3) is 0 Å². The summed E-state index contributed by atoms with van der Waals surface area (Å²) in [6.07, 6.45) is 3.78. The van der Waals surface area contributed by atoms with E-state index in [-0.39, 0.29) is 6.04 Å². The molecule has 1 heterocycles. The zero-order chi connectivity index (χ0) is 14.6. The molecule has 1 aromatic heterocycles. The van der Waals surface area contributed by atoms with E-state index in [2.05, 4.69) is 10.4 Å². The maximum atomic E-state index is 11.8. The van der Waals surface area contributed by atoms with Gasteiger partial charge in [-0.25, -0.2) is 8.42 Å². The van der Waals surface area contributed by atoms with Gasteiger partial charge in [-0.3, -0.25) is 4.68 Å². The van der Waals surface area contributed by atoms with Crippen molar-refractivity contribution in [2.45, 2.75) is 31.6 Å². The minimum absolute atomic E-state index is 0.336. The molecule has 0 aromatic carbocycles. The third kappa shape index (κ3) is 3.70. The van der Waals surface area contributed by atoms with Gasteiger partial charge in [0.15, 0.2) is 15.6 Å². The number of rotatable bonds is 7. The van der Waals surface area contributed by atoms with Crippen molar-refractivity contribution in [3.8, 4) is 5.75 Å². The topological polar surface area (TPSA) is 73.2 Å². The Morgan fingerprint density at radius 3 is 2.63 bits per heavy atom. The van der Waals surface area contributed by atoms with Gasteiger partial charge in [-0.05, 0) is 19.9 Å². The van der Waals surface area contributed by atoms with E-state index in [9.17, 15) is 8.42 Å². The van der Waals surface area contributed by atoms with Crippen molar-refractivity contribution >= 4 is 9.84 Å². The zero-order valence-corrected chi connectivity index (χ0v) is 13.0. The molecule has 0 aliphatic heterocycles. The number of hydrogen-bond donors (Lipinski definition) is 1. The van der Waals surface area contributed by atoms with Crippen molar-refractivity contribution in [2.24, 2.45) is 7.05 Å². The van der Waals surface area contributed by atoms with Crippen molar-refractivity contribution in [1.82, 2.24) is 15.1 Å². The van der Waals surface area contributed by atoms with Crippen LogP contribution in [-0.2, 0) is 16.9 Å². The van der Waals surface area contributed by atoms with Crippen molar-refractivity contribution < 1.29 is 13.2 Å². The molecule has 0 amide bonds. The van der Waals surface area contributed by atoms with E-state index >= 15 is 0 Å². The Morgan fingerprint density at radius 2 is 2.16 bits per heavy atom. The first kappa shape index (κ1) is 16.0.